The summed E-state index contributed by atoms with van der Waals surface area (Å²) in [4.78, 5) is 31.0. The number of thioether (sulfide) groups is 1. The summed E-state index contributed by atoms with van der Waals surface area (Å²) in [6.07, 6.45) is 8.87. The van der Waals surface area contributed by atoms with Crippen molar-refractivity contribution in [3.8, 4) is 11.1 Å². The molecule has 0 saturated heterocycles. The van der Waals surface area contributed by atoms with E-state index in [2.05, 4.69) is 89.9 Å². The van der Waals surface area contributed by atoms with Gasteiger partial charge in [0, 0.05) is 32.1 Å². The number of benzene rings is 5. The zero-order valence-corrected chi connectivity index (χ0v) is 23.8. The first-order valence-electron chi connectivity index (χ1n) is 14.4. The van der Waals surface area contributed by atoms with Crippen molar-refractivity contribution in [1.82, 2.24) is 4.40 Å². The van der Waals surface area contributed by atoms with Gasteiger partial charge in [0.2, 0.25) is 0 Å². The van der Waals surface area contributed by atoms with Crippen LogP contribution in [0.4, 0.5) is 11.4 Å². The molecule has 2 aromatic heterocycles. The summed E-state index contributed by atoms with van der Waals surface area (Å²) >= 11 is 1.92. The lowest BCUT2D eigenvalue weighted by molar-refractivity contribution is 0.778. The van der Waals surface area contributed by atoms with Crippen LogP contribution in [0.2, 0.25) is 0 Å². The molecule has 0 N–H and O–H groups in total. The summed E-state index contributed by atoms with van der Waals surface area (Å²) in [6.45, 7) is 0. The van der Waals surface area contributed by atoms with Gasteiger partial charge in [0.25, 0.3) is 11.1 Å². The fourth-order valence-corrected chi connectivity index (χ4v) is 8.16. The summed E-state index contributed by atoms with van der Waals surface area (Å²) in [5.41, 5.74) is 4.62. The number of fused-ring (bicyclic) bond motifs is 6. The first kappa shape index (κ1) is 24.5. The molecule has 2 aliphatic rings. The Labute approximate surface area is 251 Å². The van der Waals surface area contributed by atoms with Crippen LogP contribution in [-0.2, 0) is 0 Å². The van der Waals surface area contributed by atoms with Crippen LogP contribution in [-0.4, -0.2) is 15.7 Å². The number of hydrogen-bond donors (Lipinski definition) is 0. The fraction of sp³-hybridized carbons (Fsp3) is 0.0526. The van der Waals surface area contributed by atoms with Crippen LogP contribution in [0, 0.1) is 0 Å². The van der Waals surface area contributed by atoms with Gasteiger partial charge in [-0.3, -0.25) is 9.59 Å². The Hall–Kier alpha value is -5.13. The second kappa shape index (κ2) is 9.18. The van der Waals surface area contributed by atoms with Crippen molar-refractivity contribution >= 4 is 61.0 Å². The Morgan fingerprint density at radius 1 is 0.558 bits per heavy atom. The Morgan fingerprint density at radius 2 is 1.14 bits per heavy atom. The minimum Gasteiger partial charge on any atom is -0.332 e. The number of para-hydroxylation sites is 1. The van der Waals surface area contributed by atoms with E-state index < -0.39 is 0 Å². The molecule has 7 aromatic rings. The Kier molecular flexibility index (Phi) is 5.23. The second-order valence-corrected chi connectivity index (χ2v) is 12.4. The van der Waals surface area contributed by atoms with Gasteiger partial charge in [-0.1, -0.05) is 85.0 Å². The number of allylic oxidation sites excluding steroid dienone is 2. The molecular weight excluding hydrogens is 548 g/mol. The van der Waals surface area contributed by atoms with Gasteiger partial charge in [-0.25, -0.2) is 4.40 Å². The number of hydrogen-bond acceptors (Lipinski definition) is 4. The molecule has 0 radical (unpaired) electrons. The molecule has 204 valence electrons. The minimum absolute atomic E-state index is 0.234. The van der Waals surface area contributed by atoms with Gasteiger partial charge in [0.05, 0.1) is 22.5 Å². The molecule has 43 heavy (non-hydrogen) atoms. The van der Waals surface area contributed by atoms with E-state index in [4.69, 9.17) is 0 Å². The van der Waals surface area contributed by atoms with Crippen LogP contribution in [0.5, 0.6) is 0 Å². The van der Waals surface area contributed by atoms with Gasteiger partial charge in [-0.2, -0.15) is 0 Å². The monoisotopic (exact) mass is 572 g/mol. The smallest absolute Gasteiger partial charge is 0.266 e. The predicted molar refractivity (Wildman–Crippen MR) is 179 cm³/mol. The van der Waals surface area contributed by atoms with Gasteiger partial charge < -0.3 is 4.90 Å². The normalized spacial score (nSPS) is 17.6. The van der Waals surface area contributed by atoms with Crippen LogP contribution < -0.4 is 16.0 Å². The molecule has 9 rings (SSSR count). The fourth-order valence-electron chi connectivity index (χ4n) is 6.90. The Bertz CT molecular complexity index is 2340. The van der Waals surface area contributed by atoms with E-state index >= 15 is 0 Å². The molecule has 0 amide bonds. The van der Waals surface area contributed by atoms with Crippen LogP contribution >= 0.6 is 11.8 Å². The zero-order valence-electron chi connectivity index (χ0n) is 23.0. The third-order valence-electron chi connectivity index (χ3n) is 8.86. The maximum absolute atomic E-state index is 13.6. The first-order valence-corrected chi connectivity index (χ1v) is 15.3. The van der Waals surface area contributed by atoms with E-state index in [0.717, 1.165) is 38.4 Å². The highest BCUT2D eigenvalue weighted by Crippen LogP contribution is 2.47. The molecule has 0 saturated carbocycles. The van der Waals surface area contributed by atoms with E-state index in [1.54, 1.807) is 0 Å². The minimum atomic E-state index is -0.272. The highest BCUT2D eigenvalue weighted by Gasteiger charge is 2.33. The molecule has 0 bridgehead atoms. The van der Waals surface area contributed by atoms with Crippen LogP contribution in [0.15, 0.2) is 148 Å². The summed E-state index contributed by atoms with van der Waals surface area (Å²) < 4.78 is 1.37. The van der Waals surface area contributed by atoms with Crippen molar-refractivity contribution in [3.63, 3.8) is 0 Å². The van der Waals surface area contributed by atoms with E-state index in [0.29, 0.717) is 21.5 Å². The average molecular weight is 573 g/mol. The molecule has 4 nitrogen and oxygen atoms in total. The van der Waals surface area contributed by atoms with Crippen LogP contribution in [0.3, 0.4) is 0 Å². The summed E-state index contributed by atoms with van der Waals surface area (Å²) in [5.74, 6) is 0. The van der Waals surface area contributed by atoms with E-state index in [1.165, 1.54) is 15.0 Å². The Balaban J connectivity index is 1.27. The van der Waals surface area contributed by atoms with E-state index in [1.807, 2.05) is 60.3 Å². The lowest BCUT2D eigenvalue weighted by atomic mass is 9.94. The molecule has 2 unspecified atom stereocenters. The van der Waals surface area contributed by atoms with E-state index in [9.17, 15) is 9.59 Å². The summed E-state index contributed by atoms with van der Waals surface area (Å²) in [7, 11) is 0. The molecule has 3 heterocycles. The largest absolute Gasteiger partial charge is 0.332 e. The third kappa shape index (κ3) is 3.52. The topological polar surface area (TPSA) is 41.8 Å². The van der Waals surface area contributed by atoms with Crippen molar-refractivity contribution in [2.24, 2.45) is 0 Å². The summed E-state index contributed by atoms with van der Waals surface area (Å²) in [5, 5.41) is 4.96. The van der Waals surface area contributed by atoms with Crippen molar-refractivity contribution in [3.05, 3.63) is 154 Å². The summed E-state index contributed by atoms with van der Waals surface area (Å²) in [6, 6.07) is 37.1. The van der Waals surface area contributed by atoms with Gasteiger partial charge in [-0.05, 0) is 70.4 Å². The van der Waals surface area contributed by atoms with Crippen LogP contribution in [0.1, 0.15) is 0 Å². The number of nitrogens with zero attached hydrogens (tertiary/aromatic N) is 2. The van der Waals surface area contributed by atoms with Gasteiger partial charge in [0.15, 0.2) is 0 Å². The van der Waals surface area contributed by atoms with Gasteiger partial charge in [0.1, 0.15) is 0 Å². The molecule has 5 aromatic carbocycles. The van der Waals surface area contributed by atoms with Crippen molar-refractivity contribution in [2.45, 2.75) is 16.2 Å². The molecular formula is C38H24N2O2S. The molecule has 1 aliphatic carbocycles. The standard InChI is InChI=1S/C38H24N2O2S/c41-37-28-11-3-1-9-26(28)30-21-24(22-31-27-10-2-4-12-29(27)38(42)40(37)36(30)31)23-17-19-25(20-18-23)39-32-13-5-7-15-34(32)43-35-16-8-6-14-33(35)39/h1-22,32,34H. The third-order valence-corrected chi connectivity index (χ3v) is 10.2. The van der Waals surface area contributed by atoms with Crippen molar-refractivity contribution in [1.29, 1.82) is 0 Å². The van der Waals surface area contributed by atoms with Crippen LogP contribution in [0.25, 0.3) is 49.0 Å². The maximum Gasteiger partial charge on any atom is 0.266 e. The number of anilines is 2. The lowest BCUT2D eigenvalue weighted by Gasteiger charge is -2.42. The molecule has 0 fully saturated rings. The molecule has 1 aliphatic heterocycles. The maximum atomic E-state index is 13.6. The predicted octanol–water partition coefficient (Wildman–Crippen LogP) is 8.33. The first-order chi connectivity index (χ1) is 21.2. The lowest BCUT2D eigenvalue weighted by Crippen LogP contribution is -2.40. The molecule has 5 heteroatoms. The number of rotatable bonds is 2. The number of aromatic nitrogens is 1. The van der Waals surface area contributed by atoms with Gasteiger partial charge >= 0.3 is 0 Å². The molecule has 2 atom stereocenters. The Morgan fingerprint density at radius 3 is 1.81 bits per heavy atom. The average Bonchev–Trinajstić information content (AvgIpc) is 3.07. The zero-order chi connectivity index (χ0) is 28.7. The SMILES string of the molecule is O=c1c2ccccc2c2cc(-c3ccc(N4c5ccccc5SC5C=CC=CC54)cc3)cc3c4ccccc4c(=O)n1c23. The highest BCUT2D eigenvalue weighted by atomic mass is 32.2. The quantitative estimate of drug-likeness (QED) is 0.154. The van der Waals surface area contributed by atoms with Crippen molar-refractivity contribution < 1.29 is 0 Å². The number of pyridine rings is 2. The second-order valence-electron chi connectivity index (χ2n) is 11.2. The molecule has 0 spiro atoms. The van der Waals surface area contributed by atoms with Gasteiger partial charge in [-0.15, -0.1) is 11.8 Å². The van der Waals surface area contributed by atoms with E-state index in [-0.39, 0.29) is 17.2 Å². The van der Waals surface area contributed by atoms with Crippen molar-refractivity contribution in [2.75, 3.05) is 4.90 Å². The highest BCUT2D eigenvalue weighted by molar-refractivity contribution is 8.00.